The van der Waals surface area contributed by atoms with E-state index in [-0.39, 0.29) is 0 Å². The molecule has 1 unspecified atom stereocenters. The second-order valence-electron chi connectivity index (χ2n) is 4.35. The molecule has 1 fully saturated rings. The number of hydrogen-bond acceptors (Lipinski definition) is 2. The van der Waals surface area contributed by atoms with Gasteiger partial charge in [-0.1, -0.05) is 23.2 Å². The molecule has 1 N–H and O–H groups in total. The second kappa shape index (κ2) is 5.37. The summed E-state index contributed by atoms with van der Waals surface area (Å²) < 4.78 is 0. The summed E-state index contributed by atoms with van der Waals surface area (Å²) in [6.45, 7) is 3.21. The molecule has 1 atom stereocenters. The van der Waals surface area contributed by atoms with Crippen molar-refractivity contribution in [3.05, 3.63) is 33.8 Å². The Bertz CT molecular complexity index is 368. The van der Waals surface area contributed by atoms with Crippen LogP contribution in [0.1, 0.15) is 5.56 Å². The Kier molecular flexibility index (Phi) is 4.09. The van der Waals surface area contributed by atoms with Gasteiger partial charge in [0, 0.05) is 35.7 Å². The van der Waals surface area contributed by atoms with Crippen molar-refractivity contribution in [2.45, 2.75) is 12.5 Å². The third-order valence-electron chi connectivity index (χ3n) is 2.93. The molecule has 0 spiro atoms. The van der Waals surface area contributed by atoms with Gasteiger partial charge in [0.05, 0.1) is 0 Å². The summed E-state index contributed by atoms with van der Waals surface area (Å²) in [5.74, 6) is 0. The smallest absolute Gasteiger partial charge is 0.0439 e. The predicted molar refractivity (Wildman–Crippen MR) is 69.5 cm³/mol. The van der Waals surface area contributed by atoms with Crippen LogP contribution in [0.4, 0.5) is 0 Å². The van der Waals surface area contributed by atoms with Crippen molar-refractivity contribution in [2.75, 3.05) is 26.7 Å². The normalized spacial score (nSPS) is 22.3. The molecule has 2 rings (SSSR count). The molecule has 4 heteroatoms. The molecule has 0 amide bonds. The molecule has 0 aliphatic carbocycles. The van der Waals surface area contributed by atoms with Gasteiger partial charge < -0.3 is 10.2 Å². The van der Waals surface area contributed by atoms with Crippen LogP contribution < -0.4 is 5.32 Å². The summed E-state index contributed by atoms with van der Waals surface area (Å²) in [5.41, 5.74) is 1.13. The van der Waals surface area contributed by atoms with Crippen LogP contribution in [0, 0.1) is 0 Å². The molecular weight excluding hydrogens is 243 g/mol. The van der Waals surface area contributed by atoms with Gasteiger partial charge in [-0.05, 0) is 37.2 Å². The standard InChI is InChI=1S/C12H16Cl2N2/c1-16-5-4-15-11(8-16)7-9-6-10(13)2-3-12(9)14/h2-3,6,11,15H,4-5,7-8H2,1H3. The minimum Gasteiger partial charge on any atom is -0.311 e. The molecule has 1 saturated heterocycles. The zero-order valence-electron chi connectivity index (χ0n) is 9.34. The van der Waals surface area contributed by atoms with Crippen molar-refractivity contribution in [3.63, 3.8) is 0 Å². The maximum Gasteiger partial charge on any atom is 0.0439 e. The molecular formula is C12H16Cl2N2. The number of nitrogens with one attached hydrogen (secondary N) is 1. The van der Waals surface area contributed by atoms with Crippen molar-refractivity contribution < 1.29 is 0 Å². The van der Waals surface area contributed by atoms with E-state index in [1.54, 1.807) is 0 Å². The SMILES string of the molecule is CN1CCNC(Cc2cc(Cl)ccc2Cl)C1. The fourth-order valence-corrected chi connectivity index (χ4v) is 2.48. The van der Waals surface area contributed by atoms with Gasteiger partial charge in [-0.3, -0.25) is 0 Å². The van der Waals surface area contributed by atoms with Crippen LogP contribution in [0.25, 0.3) is 0 Å². The Morgan fingerprint density at radius 2 is 2.25 bits per heavy atom. The lowest BCUT2D eigenvalue weighted by molar-refractivity contribution is 0.238. The third kappa shape index (κ3) is 3.11. The molecule has 0 bridgehead atoms. The highest BCUT2D eigenvalue weighted by atomic mass is 35.5. The largest absolute Gasteiger partial charge is 0.311 e. The fourth-order valence-electron chi connectivity index (χ4n) is 2.09. The minimum atomic E-state index is 0.467. The van der Waals surface area contributed by atoms with E-state index >= 15 is 0 Å². The van der Waals surface area contributed by atoms with Crippen molar-refractivity contribution in [1.29, 1.82) is 0 Å². The first-order valence-electron chi connectivity index (χ1n) is 5.51. The van der Waals surface area contributed by atoms with Crippen molar-refractivity contribution in [2.24, 2.45) is 0 Å². The molecule has 2 nitrogen and oxygen atoms in total. The molecule has 0 saturated carbocycles. The zero-order chi connectivity index (χ0) is 11.5. The number of benzene rings is 1. The van der Waals surface area contributed by atoms with Gasteiger partial charge in [0.1, 0.15) is 0 Å². The van der Waals surface area contributed by atoms with Crippen LogP contribution in [-0.2, 0) is 6.42 Å². The van der Waals surface area contributed by atoms with Gasteiger partial charge in [-0.2, -0.15) is 0 Å². The lowest BCUT2D eigenvalue weighted by Crippen LogP contribution is -2.49. The number of halogens is 2. The van der Waals surface area contributed by atoms with Crippen LogP contribution in [0.15, 0.2) is 18.2 Å². The quantitative estimate of drug-likeness (QED) is 0.877. The fraction of sp³-hybridized carbons (Fsp3) is 0.500. The lowest BCUT2D eigenvalue weighted by atomic mass is 10.0. The Morgan fingerprint density at radius 1 is 1.44 bits per heavy atom. The Balaban J connectivity index is 2.05. The highest BCUT2D eigenvalue weighted by Gasteiger charge is 2.17. The van der Waals surface area contributed by atoms with E-state index < -0.39 is 0 Å². The molecule has 88 valence electrons. The average Bonchev–Trinajstić information content (AvgIpc) is 2.24. The topological polar surface area (TPSA) is 15.3 Å². The third-order valence-corrected chi connectivity index (χ3v) is 3.54. The number of piperazine rings is 1. The van der Waals surface area contributed by atoms with Crippen molar-refractivity contribution >= 4 is 23.2 Å². The molecule has 16 heavy (non-hydrogen) atoms. The molecule has 1 aromatic carbocycles. The molecule has 1 aliphatic rings. The lowest BCUT2D eigenvalue weighted by Gasteiger charge is -2.31. The van der Waals surface area contributed by atoms with Gasteiger partial charge >= 0.3 is 0 Å². The van der Waals surface area contributed by atoms with Crippen molar-refractivity contribution in [3.8, 4) is 0 Å². The maximum absolute atomic E-state index is 6.15. The van der Waals surface area contributed by atoms with Gasteiger partial charge in [0.2, 0.25) is 0 Å². The summed E-state index contributed by atoms with van der Waals surface area (Å²) >= 11 is 12.1. The average molecular weight is 259 g/mol. The van der Waals surface area contributed by atoms with Gasteiger partial charge in [0.25, 0.3) is 0 Å². The molecule has 1 heterocycles. The molecule has 0 radical (unpaired) electrons. The Labute approximate surface area is 107 Å². The molecule has 1 aliphatic heterocycles. The number of hydrogen-bond donors (Lipinski definition) is 1. The highest BCUT2D eigenvalue weighted by Crippen LogP contribution is 2.22. The van der Waals surface area contributed by atoms with E-state index in [0.717, 1.165) is 41.7 Å². The van der Waals surface area contributed by atoms with Crippen LogP contribution >= 0.6 is 23.2 Å². The predicted octanol–water partition coefficient (Wildman–Crippen LogP) is 2.44. The summed E-state index contributed by atoms with van der Waals surface area (Å²) in [7, 11) is 2.15. The summed E-state index contributed by atoms with van der Waals surface area (Å²) in [6.07, 6.45) is 0.934. The Morgan fingerprint density at radius 3 is 3.00 bits per heavy atom. The van der Waals surface area contributed by atoms with Crippen LogP contribution in [-0.4, -0.2) is 37.6 Å². The minimum absolute atomic E-state index is 0.467. The maximum atomic E-state index is 6.15. The number of rotatable bonds is 2. The van der Waals surface area contributed by atoms with E-state index in [9.17, 15) is 0 Å². The van der Waals surface area contributed by atoms with Crippen LogP contribution in [0.2, 0.25) is 10.0 Å². The first kappa shape index (κ1) is 12.2. The van der Waals surface area contributed by atoms with Gasteiger partial charge in [0.15, 0.2) is 0 Å². The van der Waals surface area contributed by atoms with Gasteiger partial charge in [-0.15, -0.1) is 0 Å². The second-order valence-corrected chi connectivity index (χ2v) is 5.20. The zero-order valence-corrected chi connectivity index (χ0v) is 10.9. The first-order chi connectivity index (χ1) is 7.65. The first-order valence-corrected chi connectivity index (χ1v) is 6.26. The summed E-state index contributed by atoms with van der Waals surface area (Å²) in [6, 6.07) is 6.12. The summed E-state index contributed by atoms with van der Waals surface area (Å²) in [4.78, 5) is 2.33. The van der Waals surface area contributed by atoms with E-state index in [0.29, 0.717) is 6.04 Å². The summed E-state index contributed by atoms with van der Waals surface area (Å²) in [5, 5.41) is 5.06. The van der Waals surface area contributed by atoms with E-state index in [1.165, 1.54) is 0 Å². The molecule has 0 aromatic heterocycles. The monoisotopic (exact) mass is 258 g/mol. The number of likely N-dealkylation sites (N-methyl/N-ethyl adjacent to an activating group) is 1. The van der Waals surface area contributed by atoms with Crippen molar-refractivity contribution in [1.82, 2.24) is 10.2 Å². The van der Waals surface area contributed by atoms with E-state index in [1.807, 2.05) is 18.2 Å². The Hall–Kier alpha value is -0.280. The van der Waals surface area contributed by atoms with Gasteiger partial charge in [-0.25, -0.2) is 0 Å². The van der Waals surface area contributed by atoms with E-state index in [4.69, 9.17) is 23.2 Å². The van der Waals surface area contributed by atoms with E-state index in [2.05, 4.69) is 17.3 Å². The van der Waals surface area contributed by atoms with Crippen LogP contribution in [0.5, 0.6) is 0 Å². The van der Waals surface area contributed by atoms with Crippen LogP contribution in [0.3, 0.4) is 0 Å². The number of nitrogens with zero attached hydrogens (tertiary/aromatic N) is 1. The molecule has 1 aromatic rings. The highest BCUT2D eigenvalue weighted by molar-refractivity contribution is 6.33.